The number of amides is 1. The highest BCUT2D eigenvalue weighted by molar-refractivity contribution is 7.90. The molecule has 0 radical (unpaired) electrons. The summed E-state index contributed by atoms with van der Waals surface area (Å²) in [5.41, 5.74) is 1.76. The van der Waals surface area contributed by atoms with Gasteiger partial charge in [0, 0.05) is 41.1 Å². The Morgan fingerprint density at radius 1 is 1.14 bits per heavy atom. The molecule has 5 rings (SSSR count). The third-order valence-corrected chi connectivity index (χ3v) is 7.64. The van der Waals surface area contributed by atoms with Crippen molar-refractivity contribution >= 4 is 44.2 Å². The van der Waals surface area contributed by atoms with Gasteiger partial charge in [0.25, 0.3) is 15.9 Å². The van der Waals surface area contributed by atoms with E-state index in [1.165, 1.54) is 6.07 Å². The number of aromatic nitrogens is 3. The molecule has 1 unspecified atom stereocenters. The quantitative estimate of drug-likeness (QED) is 0.355. The summed E-state index contributed by atoms with van der Waals surface area (Å²) >= 11 is 0. The van der Waals surface area contributed by atoms with E-state index < -0.39 is 15.9 Å². The fourth-order valence-electron chi connectivity index (χ4n) is 4.89. The fourth-order valence-corrected chi connectivity index (χ4v) is 5.83. The Kier molecular flexibility index (Phi) is 5.91. The third-order valence-electron chi connectivity index (χ3n) is 6.41. The molecule has 3 N–H and O–H groups in total. The van der Waals surface area contributed by atoms with E-state index >= 15 is 0 Å². The van der Waals surface area contributed by atoms with Gasteiger partial charge in [-0.2, -0.15) is 8.42 Å². The van der Waals surface area contributed by atoms with Crippen LogP contribution < -0.4 is 14.9 Å². The lowest BCUT2D eigenvalue weighted by Gasteiger charge is -2.33. The molecule has 1 fully saturated rings. The van der Waals surface area contributed by atoms with Crippen LogP contribution in [0.15, 0.2) is 72.0 Å². The Morgan fingerprint density at radius 3 is 2.75 bits per heavy atom. The van der Waals surface area contributed by atoms with Gasteiger partial charge in [-0.25, -0.2) is 14.7 Å². The van der Waals surface area contributed by atoms with Crippen LogP contribution in [-0.4, -0.2) is 41.4 Å². The number of benzene rings is 1. The third kappa shape index (κ3) is 4.64. The molecular formula is C26H28N6O3S. The number of nitrogens with one attached hydrogen (secondary N) is 3. The molecule has 4 heterocycles. The van der Waals surface area contributed by atoms with E-state index in [4.69, 9.17) is 0 Å². The molecule has 1 aliphatic rings. The Hall–Kier alpha value is -3.92. The van der Waals surface area contributed by atoms with Crippen molar-refractivity contribution < 1.29 is 13.2 Å². The van der Waals surface area contributed by atoms with Crippen LogP contribution in [0.25, 0.3) is 10.9 Å². The van der Waals surface area contributed by atoms with Crippen LogP contribution in [0.3, 0.4) is 0 Å². The first-order chi connectivity index (χ1) is 17.1. The highest BCUT2D eigenvalue weighted by atomic mass is 32.2. The molecular weight excluding hydrogens is 476 g/mol. The van der Waals surface area contributed by atoms with Gasteiger partial charge in [-0.05, 0) is 74.7 Å². The summed E-state index contributed by atoms with van der Waals surface area (Å²) in [6.07, 6.45) is 4.41. The summed E-state index contributed by atoms with van der Waals surface area (Å²) in [6.45, 7) is 7.08. The normalized spacial score (nSPS) is 17.3. The minimum atomic E-state index is -4.23. The van der Waals surface area contributed by atoms with Crippen LogP contribution in [0.2, 0.25) is 0 Å². The Labute approximate surface area is 210 Å². The van der Waals surface area contributed by atoms with Crippen molar-refractivity contribution in [3.8, 4) is 0 Å². The topological polar surface area (TPSA) is 120 Å². The van der Waals surface area contributed by atoms with Gasteiger partial charge < -0.3 is 15.2 Å². The molecule has 9 nitrogen and oxygen atoms in total. The van der Waals surface area contributed by atoms with Crippen LogP contribution >= 0.6 is 0 Å². The number of carbonyl (C=O) groups is 1. The Balaban J connectivity index is 1.38. The molecule has 3 aromatic heterocycles. The summed E-state index contributed by atoms with van der Waals surface area (Å²) in [6, 6.07) is 15.5. The predicted octanol–water partition coefficient (Wildman–Crippen LogP) is 4.45. The van der Waals surface area contributed by atoms with E-state index in [0.29, 0.717) is 17.6 Å². The molecule has 0 spiro atoms. The maximum atomic E-state index is 13.2. The predicted molar refractivity (Wildman–Crippen MR) is 140 cm³/mol. The maximum Gasteiger partial charge on any atom is 0.281 e. The van der Waals surface area contributed by atoms with Crippen LogP contribution in [0.5, 0.6) is 0 Å². The molecule has 0 aliphatic carbocycles. The second kappa shape index (κ2) is 8.94. The molecule has 1 aliphatic heterocycles. The van der Waals surface area contributed by atoms with E-state index in [1.807, 2.05) is 30.5 Å². The first-order valence-electron chi connectivity index (χ1n) is 11.7. The van der Waals surface area contributed by atoms with Crippen molar-refractivity contribution in [1.29, 1.82) is 0 Å². The van der Waals surface area contributed by atoms with E-state index in [1.54, 1.807) is 30.5 Å². The molecule has 1 saturated heterocycles. The standard InChI is InChI=1S/C26H28N6O3S/c1-17-15-26(2,3)32(16-17)24-20(6-5-12-28-24)25(33)31-36(34,35)23-8-4-7-22(30-23)29-19-9-10-21-18(14-19)11-13-27-21/h4-14,17,27H,15-16H2,1-3H3,(H,29,30)(H,31,33). The van der Waals surface area contributed by atoms with Gasteiger partial charge in [0.1, 0.15) is 11.6 Å². The molecule has 1 atom stereocenters. The second-order valence-electron chi connectivity index (χ2n) is 9.81. The monoisotopic (exact) mass is 504 g/mol. The van der Waals surface area contributed by atoms with Crippen LogP contribution in [-0.2, 0) is 10.0 Å². The molecule has 186 valence electrons. The number of aromatic amines is 1. The average molecular weight is 505 g/mol. The van der Waals surface area contributed by atoms with E-state index in [0.717, 1.165) is 29.6 Å². The molecule has 0 bridgehead atoms. The van der Waals surface area contributed by atoms with Gasteiger partial charge in [0.05, 0.1) is 5.56 Å². The molecule has 36 heavy (non-hydrogen) atoms. The van der Waals surface area contributed by atoms with Crippen LogP contribution in [0.4, 0.5) is 17.3 Å². The summed E-state index contributed by atoms with van der Waals surface area (Å²) < 4.78 is 28.4. The lowest BCUT2D eigenvalue weighted by atomic mass is 9.97. The zero-order valence-corrected chi connectivity index (χ0v) is 21.1. The van der Waals surface area contributed by atoms with Crippen molar-refractivity contribution in [2.75, 3.05) is 16.8 Å². The van der Waals surface area contributed by atoms with Crippen molar-refractivity contribution in [3.05, 3.63) is 72.6 Å². The smallest absolute Gasteiger partial charge is 0.281 e. The lowest BCUT2D eigenvalue weighted by molar-refractivity contribution is 0.0981. The van der Waals surface area contributed by atoms with Crippen molar-refractivity contribution in [2.45, 2.75) is 37.8 Å². The number of anilines is 3. The summed E-state index contributed by atoms with van der Waals surface area (Å²) in [5, 5.41) is 3.88. The Bertz CT molecular complexity index is 1550. The average Bonchev–Trinajstić information content (AvgIpc) is 3.41. The number of nitrogens with zero attached hydrogens (tertiary/aromatic N) is 3. The lowest BCUT2D eigenvalue weighted by Crippen LogP contribution is -2.41. The minimum Gasteiger partial charge on any atom is -0.361 e. The largest absolute Gasteiger partial charge is 0.361 e. The maximum absolute atomic E-state index is 13.2. The Morgan fingerprint density at radius 2 is 1.97 bits per heavy atom. The number of H-pyrrole nitrogens is 1. The van der Waals surface area contributed by atoms with Gasteiger partial charge in [0.2, 0.25) is 0 Å². The number of carbonyl (C=O) groups excluding carboxylic acids is 1. The highest BCUT2D eigenvalue weighted by Crippen LogP contribution is 2.37. The molecule has 1 aromatic carbocycles. The molecule has 0 saturated carbocycles. The van der Waals surface area contributed by atoms with Crippen LogP contribution in [0, 0.1) is 5.92 Å². The molecule has 10 heteroatoms. The number of sulfonamides is 1. The van der Waals surface area contributed by atoms with Gasteiger partial charge >= 0.3 is 0 Å². The van der Waals surface area contributed by atoms with Crippen LogP contribution in [0.1, 0.15) is 37.6 Å². The van der Waals surface area contributed by atoms with Gasteiger partial charge in [-0.15, -0.1) is 0 Å². The second-order valence-corrected chi connectivity index (χ2v) is 11.4. The zero-order chi connectivity index (χ0) is 25.5. The summed E-state index contributed by atoms with van der Waals surface area (Å²) in [7, 11) is -4.23. The molecule has 1 amide bonds. The summed E-state index contributed by atoms with van der Waals surface area (Å²) in [4.78, 5) is 27.1. The first kappa shape index (κ1) is 23.8. The fraction of sp³-hybridized carbons (Fsp3) is 0.269. The van der Waals surface area contributed by atoms with Gasteiger partial charge in [0.15, 0.2) is 5.03 Å². The van der Waals surface area contributed by atoms with E-state index in [2.05, 4.69) is 50.7 Å². The SMILES string of the molecule is CC1CN(c2ncccc2C(=O)NS(=O)(=O)c2cccc(Nc3ccc4[nH]ccc4c3)n2)C(C)(C)C1. The zero-order valence-electron chi connectivity index (χ0n) is 20.3. The number of hydrogen-bond donors (Lipinski definition) is 3. The van der Waals surface area contributed by atoms with E-state index in [9.17, 15) is 13.2 Å². The van der Waals surface area contributed by atoms with E-state index in [-0.39, 0.29) is 16.1 Å². The first-order valence-corrected chi connectivity index (χ1v) is 13.2. The number of pyridine rings is 2. The number of fused-ring (bicyclic) bond motifs is 1. The van der Waals surface area contributed by atoms with Crippen molar-refractivity contribution in [3.63, 3.8) is 0 Å². The highest BCUT2D eigenvalue weighted by Gasteiger charge is 2.39. The van der Waals surface area contributed by atoms with Gasteiger partial charge in [-0.3, -0.25) is 4.79 Å². The van der Waals surface area contributed by atoms with Crippen molar-refractivity contribution in [1.82, 2.24) is 19.7 Å². The minimum absolute atomic E-state index is 0.202. The molecule has 4 aromatic rings. The number of rotatable bonds is 6. The van der Waals surface area contributed by atoms with Gasteiger partial charge in [-0.1, -0.05) is 13.0 Å². The number of hydrogen-bond acceptors (Lipinski definition) is 7. The summed E-state index contributed by atoms with van der Waals surface area (Å²) in [5.74, 6) is 0.503. The van der Waals surface area contributed by atoms with Crippen molar-refractivity contribution in [2.24, 2.45) is 5.92 Å².